The Morgan fingerprint density at radius 2 is 1.03 bits per heavy atom. The molecule has 4 heterocycles. The summed E-state index contributed by atoms with van der Waals surface area (Å²) in [5, 5.41) is 21.3. The Morgan fingerprint density at radius 3 is 1.34 bits per heavy atom. The van der Waals surface area contributed by atoms with E-state index in [1.54, 1.807) is 24.5 Å². The predicted molar refractivity (Wildman–Crippen MR) is 103 cm³/mol. The SMILES string of the molecule is O=C([O-])c1cncc(C2CCOCC2)c1.O=C([O-])c1cncc(C2CCOCC2)c1.[Li+].[Li+]. The van der Waals surface area contributed by atoms with Gasteiger partial charge in [-0.3, -0.25) is 9.97 Å². The summed E-state index contributed by atoms with van der Waals surface area (Å²) < 4.78 is 10.5. The zero-order chi connectivity index (χ0) is 21.3. The quantitative estimate of drug-likeness (QED) is 0.444. The van der Waals surface area contributed by atoms with Gasteiger partial charge in [0.25, 0.3) is 0 Å². The van der Waals surface area contributed by atoms with Crippen molar-refractivity contribution in [3.05, 3.63) is 59.2 Å². The zero-order valence-corrected chi connectivity index (χ0v) is 18.6. The number of nitrogens with zero attached hydrogens (tertiary/aromatic N) is 2. The number of carboxylic acids is 2. The van der Waals surface area contributed by atoms with Crippen LogP contribution in [0.5, 0.6) is 0 Å². The Labute approximate surface area is 211 Å². The molecular formula is C22H24Li2N2O6. The monoisotopic (exact) mass is 426 g/mol. The molecule has 2 aromatic heterocycles. The maximum Gasteiger partial charge on any atom is 1.00 e. The maximum atomic E-state index is 10.7. The summed E-state index contributed by atoms with van der Waals surface area (Å²) in [5.41, 5.74) is 2.25. The number of carbonyl (C=O) groups is 2. The fraction of sp³-hybridized carbons (Fsp3) is 0.455. The van der Waals surface area contributed by atoms with Gasteiger partial charge in [0.15, 0.2) is 0 Å². The van der Waals surface area contributed by atoms with Crippen molar-refractivity contribution in [2.24, 2.45) is 0 Å². The number of pyridine rings is 2. The van der Waals surface area contributed by atoms with Crippen molar-refractivity contribution in [3.63, 3.8) is 0 Å². The molecule has 2 aromatic rings. The summed E-state index contributed by atoms with van der Waals surface area (Å²) in [5.74, 6) is -1.61. The van der Waals surface area contributed by atoms with Crippen molar-refractivity contribution in [3.8, 4) is 0 Å². The van der Waals surface area contributed by atoms with Gasteiger partial charge in [0, 0.05) is 62.3 Å². The van der Waals surface area contributed by atoms with Gasteiger partial charge in [-0.2, -0.15) is 0 Å². The molecule has 0 aliphatic carbocycles. The number of carboxylic acid groups (broad SMARTS) is 2. The van der Waals surface area contributed by atoms with E-state index in [2.05, 4.69) is 9.97 Å². The van der Waals surface area contributed by atoms with E-state index in [-0.39, 0.29) is 48.8 Å². The molecule has 0 saturated carbocycles. The van der Waals surface area contributed by atoms with E-state index >= 15 is 0 Å². The average molecular weight is 426 g/mol. The van der Waals surface area contributed by atoms with Gasteiger partial charge in [0.2, 0.25) is 0 Å². The molecule has 0 aromatic carbocycles. The normalized spacial score (nSPS) is 16.5. The standard InChI is InChI=1S/2C11H13NO3.2Li/c2*13-11(14)10-5-9(6-12-7-10)8-1-3-15-4-2-8;;/h2*5-8H,1-4H2,(H,13,14);;/q;;2*+1/p-2. The van der Waals surface area contributed by atoms with Crippen molar-refractivity contribution in [2.75, 3.05) is 26.4 Å². The Hall–Kier alpha value is -1.65. The molecule has 0 bridgehead atoms. The molecule has 32 heavy (non-hydrogen) atoms. The fourth-order valence-electron chi connectivity index (χ4n) is 3.65. The van der Waals surface area contributed by atoms with Crippen molar-refractivity contribution in [1.82, 2.24) is 9.97 Å². The second kappa shape index (κ2) is 14.5. The van der Waals surface area contributed by atoms with Crippen LogP contribution >= 0.6 is 0 Å². The minimum Gasteiger partial charge on any atom is -0.545 e. The third-order valence-electron chi connectivity index (χ3n) is 5.38. The van der Waals surface area contributed by atoms with E-state index in [4.69, 9.17) is 9.47 Å². The van der Waals surface area contributed by atoms with Gasteiger partial charge in [-0.1, -0.05) is 0 Å². The predicted octanol–water partition coefficient (Wildman–Crippen LogP) is -5.31. The van der Waals surface area contributed by atoms with Gasteiger partial charge in [-0.15, -0.1) is 0 Å². The Morgan fingerprint density at radius 1 is 0.688 bits per heavy atom. The van der Waals surface area contributed by atoms with Gasteiger partial charge in [0.1, 0.15) is 0 Å². The Bertz CT molecular complexity index is 800. The average Bonchev–Trinajstić information content (AvgIpc) is 2.81. The Balaban J connectivity index is 0.000000301. The summed E-state index contributed by atoms with van der Waals surface area (Å²) in [6, 6.07) is 3.30. The van der Waals surface area contributed by atoms with Crippen LogP contribution < -0.4 is 47.9 Å². The van der Waals surface area contributed by atoms with Crippen molar-refractivity contribution in [2.45, 2.75) is 37.5 Å². The van der Waals surface area contributed by atoms with Crippen LogP contribution in [0.25, 0.3) is 0 Å². The van der Waals surface area contributed by atoms with Gasteiger partial charge in [0.05, 0.1) is 11.9 Å². The van der Waals surface area contributed by atoms with Gasteiger partial charge in [-0.05, 0) is 60.8 Å². The van der Waals surface area contributed by atoms with Crippen molar-refractivity contribution in [1.29, 1.82) is 0 Å². The largest absolute Gasteiger partial charge is 1.00 e. The van der Waals surface area contributed by atoms with E-state index in [0.29, 0.717) is 11.8 Å². The second-order valence-electron chi connectivity index (χ2n) is 7.36. The molecule has 2 aliphatic heterocycles. The summed E-state index contributed by atoms with van der Waals surface area (Å²) in [7, 11) is 0. The van der Waals surface area contributed by atoms with Gasteiger partial charge in [-0.25, -0.2) is 0 Å². The smallest absolute Gasteiger partial charge is 0.545 e. The number of aromatic nitrogens is 2. The minimum absolute atomic E-state index is 0. The first kappa shape index (κ1) is 28.4. The third kappa shape index (κ3) is 8.37. The van der Waals surface area contributed by atoms with Crippen LogP contribution in [0.15, 0.2) is 36.9 Å². The van der Waals surface area contributed by atoms with Crippen molar-refractivity contribution < 1.29 is 67.0 Å². The first-order chi connectivity index (χ1) is 14.5. The molecule has 4 rings (SSSR count). The molecule has 0 spiro atoms. The van der Waals surface area contributed by atoms with Crippen LogP contribution in [-0.2, 0) is 9.47 Å². The third-order valence-corrected chi connectivity index (χ3v) is 5.38. The molecule has 2 fully saturated rings. The topological polar surface area (TPSA) is 124 Å². The molecule has 0 N–H and O–H groups in total. The number of aromatic carboxylic acids is 2. The molecule has 2 aliphatic rings. The first-order valence-corrected chi connectivity index (χ1v) is 10.0. The molecule has 2 saturated heterocycles. The number of ether oxygens (including phenoxy) is 2. The minimum atomic E-state index is -1.17. The number of hydrogen-bond acceptors (Lipinski definition) is 8. The molecule has 0 atom stereocenters. The van der Waals surface area contributed by atoms with Crippen LogP contribution in [0.4, 0.5) is 0 Å². The zero-order valence-electron chi connectivity index (χ0n) is 18.6. The number of carbonyl (C=O) groups excluding carboxylic acids is 2. The molecule has 0 radical (unpaired) electrons. The summed E-state index contributed by atoms with van der Waals surface area (Å²) in [6.07, 6.45) is 9.80. The van der Waals surface area contributed by atoms with Crippen LogP contribution in [0.3, 0.4) is 0 Å². The van der Waals surface area contributed by atoms with E-state index in [0.717, 1.165) is 63.2 Å². The van der Waals surface area contributed by atoms with Gasteiger partial charge >= 0.3 is 37.7 Å². The summed E-state index contributed by atoms with van der Waals surface area (Å²) >= 11 is 0. The Kier molecular flexibility index (Phi) is 12.9. The maximum absolute atomic E-state index is 10.7. The molecule has 160 valence electrons. The van der Waals surface area contributed by atoms with Crippen molar-refractivity contribution >= 4 is 11.9 Å². The number of hydrogen-bond donors (Lipinski definition) is 0. The fourth-order valence-corrected chi connectivity index (χ4v) is 3.65. The molecule has 8 nitrogen and oxygen atoms in total. The van der Waals surface area contributed by atoms with Gasteiger partial charge < -0.3 is 29.3 Å². The molecule has 0 unspecified atom stereocenters. The molecule has 0 amide bonds. The second-order valence-corrected chi connectivity index (χ2v) is 7.36. The van der Waals surface area contributed by atoms with Crippen LogP contribution in [-0.4, -0.2) is 48.3 Å². The van der Waals surface area contributed by atoms with E-state index in [1.807, 2.05) is 0 Å². The van der Waals surface area contributed by atoms with E-state index in [9.17, 15) is 19.8 Å². The number of rotatable bonds is 4. The van der Waals surface area contributed by atoms with E-state index in [1.165, 1.54) is 12.4 Å². The van der Waals surface area contributed by atoms with Crippen LogP contribution in [0, 0.1) is 0 Å². The molecular weight excluding hydrogens is 402 g/mol. The summed E-state index contributed by atoms with van der Waals surface area (Å²) in [6.45, 7) is 2.95. The molecule has 10 heteroatoms. The first-order valence-electron chi connectivity index (χ1n) is 10.0. The van der Waals surface area contributed by atoms with Crippen LogP contribution in [0.2, 0.25) is 0 Å². The van der Waals surface area contributed by atoms with E-state index < -0.39 is 11.9 Å². The summed E-state index contributed by atoms with van der Waals surface area (Å²) in [4.78, 5) is 29.2. The van der Waals surface area contributed by atoms with Crippen LogP contribution in [0.1, 0.15) is 69.4 Å².